The summed E-state index contributed by atoms with van der Waals surface area (Å²) in [6.07, 6.45) is 1.33. The number of rotatable bonds is 4. The number of nitrogens with zero attached hydrogens (tertiary/aromatic N) is 1. The van der Waals surface area contributed by atoms with Crippen LogP contribution in [-0.2, 0) is 16.1 Å². The molecule has 1 N–H and O–H groups in total. The molecule has 0 unspecified atom stereocenters. The summed E-state index contributed by atoms with van der Waals surface area (Å²) in [6, 6.07) is 9.57. The second kappa shape index (κ2) is 6.64. The lowest BCUT2D eigenvalue weighted by Crippen LogP contribution is -2.53. The van der Waals surface area contributed by atoms with Gasteiger partial charge >= 0.3 is 6.03 Å². The fraction of sp³-hybridized carbons (Fsp3) is 0.167. The van der Waals surface area contributed by atoms with Crippen LogP contribution in [-0.4, -0.2) is 29.9 Å². The summed E-state index contributed by atoms with van der Waals surface area (Å²) in [5, 5.41) is 2.17. The van der Waals surface area contributed by atoms with Crippen LogP contribution < -0.4 is 10.1 Å². The van der Waals surface area contributed by atoms with Crippen molar-refractivity contribution in [3.8, 4) is 5.75 Å². The average Bonchev–Trinajstić information content (AvgIpc) is 3.01. The molecule has 7 heteroatoms. The first-order valence-corrected chi connectivity index (χ1v) is 7.56. The number of carbonyl (C=O) groups excluding carboxylic acids is 3. The maximum Gasteiger partial charge on any atom is 0.331 e. The van der Waals surface area contributed by atoms with Crippen LogP contribution in [0, 0.1) is 6.92 Å². The summed E-state index contributed by atoms with van der Waals surface area (Å²) in [5.41, 5.74) is 0.578. The number of ether oxygens (including phenoxy) is 1. The predicted octanol–water partition coefficient (Wildman–Crippen LogP) is 2.26. The zero-order valence-electron chi connectivity index (χ0n) is 13.7. The van der Waals surface area contributed by atoms with Crippen molar-refractivity contribution in [2.75, 3.05) is 7.11 Å². The summed E-state index contributed by atoms with van der Waals surface area (Å²) in [4.78, 5) is 37.6. The van der Waals surface area contributed by atoms with Gasteiger partial charge in [0.15, 0.2) is 0 Å². The highest BCUT2D eigenvalue weighted by Gasteiger charge is 2.35. The van der Waals surface area contributed by atoms with E-state index in [1.165, 1.54) is 6.08 Å². The number of hydrogen-bond donors (Lipinski definition) is 1. The van der Waals surface area contributed by atoms with Gasteiger partial charge in [-0.1, -0.05) is 12.1 Å². The van der Waals surface area contributed by atoms with Crippen molar-refractivity contribution >= 4 is 23.9 Å². The van der Waals surface area contributed by atoms with Crippen molar-refractivity contribution in [1.29, 1.82) is 0 Å². The Kier molecular flexibility index (Phi) is 4.38. The van der Waals surface area contributed by atoms with Crippen LogP contribution >= 0.6 is 0 Å². The highest BCUT2D eigenvalue weighted by Crippen LogP contribution is 2.19. The number of methoxy groups -OCH3 is 1. The van der Waals surface area contributed by atoms with Crippen molar-refractivity contribution in [3.63, 3.8) is 0 Å². The fourth-order valence-electron chi connectivity index (χ4n) is 2.42. The molecule has 25 heavy (non-hydrogen) atoms. The van der Waals surface area contributed by atoms with Crippen molar-refractivity contribution in [3.05, 3.63) is 59.1 Å². The quantitative estimate of drug-likeness (QED) is 0.681. The lowest BCUT2D eigenvalue weighted by atomic mass is 10.1. The van der Waals surface area contributed by atoms with Gasteiger partial charge in [0.1, 0.15) is 22.8 Å². The second-order valence-corrected chi connectivity index (χ2v) is 5.51. The zero-order valence-corrected chi connectivity index (χ0v) is 13.7. The van der Waals surface area contributed by atoms with Crippen LogP contribution in [0.2, 0.25) is 0 Å². The minimum Gasteiger partial charge on any atom is -0.497 e. The Labute approximate surface area is 143 Å². The number of barbiturate groups is 1. The lowest BCUT2D eigenvalue weighted by molar-refractivity contribution is -0.130. The van der Waals surface area contributed by atoms with E-state index in [-0.39, 0.29) is 12.1 Å². The van der Waals surface area contributed by atoms with Crippen LogP contribution in [0.3, 0.4) is 0 Å². The van der Waals surface area contributed by atoms with Gasteiger partial charge in [-0.05, 0) is 42.8 Å². The van der Waals surface area contributed by atoms with Crippen molar-refractivity contribution < 1.29 is 23.5 Å². The van der Waals surface area contributed by atoms with Crippen LogP contribution in [0.5, 0.6) is 5.75 Å². The first-order chi connectivity index (χ1) is 12.0. The second-order valence-electron chi connectivity index (χ2n) is 5.51. The third-order valence-corrected chi connectivity index (χ3v) is 3.73. The van der Waals surface area contributed by atoms with Gasteiger partial charge < -0.3 is 9.15 Å². The van der Waals surface area contributed by atoms with Gasteiger partial charge in [-0.3, -0.25) is 19.8 Å². The number of hydrogen-bond acceptors (Lipinski definition) is 5. The highest BCUT2D eigenvalue weighted by molar-refractivity contribution is 6.30. The largest absolute Gasteiger partial charge is 0.497 e. The summed E-state index contributed by atoms with van der Waals surface area (Å²) < 4.78 is 10.4. The Morgan fingerprint density at radius 2 is 1.84 bits per heavy atom. The molecule has 0 radical (unpaired) electrons. The van der Waals surface area contributed by atoms with E-state index in [9.17, 15) is 14.4 Å². The summed E-state index contributed by atoms with van der Waals surface area (Å²) in [7, 11) is 1.55. The minimum absolute atomic E-state index is 0.0382. The zero-order chi connectivity index (χ0) is 18.0. The highest BCUT2D eigenvalue weighted by atomic mass is 16.5. The summed E-state index contributed by atoms with van der Waals surface area (Å²) in [5.74, 6) is 0.284. The third-order valence-electron chi connectivity index (χ3n) is 3.73. The van der Waals surface area contributed by atoms with Gasteiger partial charge in [-0.25, -0.2) is 4.79 Å². The molecule has 0 bridgehead atoms. The molecule has 2 aromatic rings. The number of imide groups is 2. The molecule has 0 spiro atoms. The molecule has 128 valence electrons. The normalized spacial score (nSPS) is 16.3. The Hall–Kier alpha value is -3.35. The van der Waals surface area contributed by atoms with Gasteiger partial charge in [0.05, 0.1) is 13.7 Å². The molecule has 0 aliphatic carbocycles. The van der Waals surface area contributed by atoms with Gasteiger partial charge in [-0.2, -0.15) is 0 Å². The van der Waals surface area contributed by atoms with Crippen LogP contribution in [0.4, 0.5) is 4.79 Å². The number of nitrogens with one attached hydrogen (secondary N) is 1. The Morgan fingerprint density at radius 3 is 2.44 bits per heavy atom. The van der Waals surface area contributed by atoms with E-state index >= 15 is 0 Å². The first kappa shape index (κ1) is 16.5. The number of amides is 4. The van der Waals surface area contributed by atoms with E-state index in [0.717, 1.165) is 10.5 Å². The molecule has 1 fully saturated rings. The smallest absolute Gasteiger partial charge is 0.331 e. The monoisotopic (exact) mass is 340 g/mol. The van der Waals surface area contributed by atoms with E-state index in [2.05, 4.69) is 5.32 Å². The molecule has 0 atom stereocenters. The van der Waals surface area contributed by atoms with Gasteiger partial charge in [-0.15, -0.1) is 0 Å². The van der Waals surface area contributed by atoms with Crippen LogP contribution in [0.25, 0.3) is 6.08 Å². The van der Waals surface area contributed by atoms with Crippen LogP contribution in [0.1, 0.15) is 17.1 Å². The predicted molar refractivity (Wildman–Crippen MR) is 88.5 cm³/mol. The molecule has 4 amide bonds. The number of urea groups is 1. The Morgan fingerprint density at radius 1 is 1.12 bits per heavy atom. The standard InChI is InChI=1S/C18H16N2O5/c1-11-3-6-14(25-11)9-15-16(21)19-18(23)20(17(15)22)10-12-4-7-13(24-2)8-5-12/h3-9H,10H2,1-2H3,(H,19,21,23). The van der Waals surface area contributed by atoms with E-state index < -0.39 is 17.8 Å². The summed E-state index contributed by atoms with van der Waals surface area (Å²) in [6.45, 7) is 1.79. The van der Waals surface area contributed by atoms with Gasteiger partial charge in [0, 0.05) is 0 Å². The maximum atomic E-state index is 12.6. The number of carbonyl (C=O) groups is 3. The summed E-state index contributed by atoms with van der Waals surface area (Å²) >= 11 is 0. The van der Waals surface area contributed by atoms with E-state index in [1.807, 2.05) is 0 Å². The molecule has 2 heterocycles. The molecular formula is C18H16N2O5. The molecule has 0 saturated carbocycles. The molecule has 1 aliphatic heterocycles. The van der Waals surface area contributed by atoms with Crippen molar-refractivity contribution in [2.24, 2.45) is 0 Å². The number of aryl methyl sites for hydroxylation is 1. The van der Waals surface area contributed by atoms with Crippen LogP contribution in [0.15, 0.2) is 46.4 Å². The number of benzene rings is 1. The SMILES string of the molecule is COc1ccc(CN2C(=O)NC(=O)C(=Cc3ccc(C)o3)C2=O)cc1. The van der Waals surface area contributed by atoms with E-state index in [4.69, 9.17) is 9.15 Å². The molecule has 1 saturated heterocycles. The topological polar surface area (TPSA) is 88.8 Å². The molecule has 1 aromatic heterocycles. The number of furan rings is 1. The average molecular weight is 340 g/mol. The molecule has 3 rings (SSSR count). The fourth-order valence-corrected chi connectivity index (χ4v) is 2.42. The minimum atomic E-state index is -0.751. The third kappa shape index (κ3) is 3.45. The molecular weight excluding hydrogens is 324 g/mol. The maximum absolute atomic E-state index is 12.6. The van der Waals surface area contributed by atoms with Gasteiger partial charge in [0.2, 0.25) is 0 Å². The van der Waals surface area contributed by atoms with E-state index in [1.54, 1.807) is 50.4 Å². The molecule has 7 nitrogen and oxygen atoms in total. The first-order valence-electron chi connectivity index (χ1n) is 7.56. The Balaban J connectivity index is 1.85. The van der Waals surface area contributed by atoms with Gasteiger partial charge in [0.25, 0.3) is 11.8 Å². The Bertz CT molecular complexity index is 864. The van der Waals surface area contributed by atoms with Crippen molar-refractivity contribution in [2.45, 2.75) is 13.5 Å². The lowest BCUT2D eigenvalue weighted by Gasteiger charge is -2.26. The van der Waals surface area contributed by atoms with Crippen molar-refractivity contribution in [1.82, 2.24) is 10.2 Å². The van der Waals surface area contributed by atoms with E-state index in [0.29, 0.717) is 17.3 Å². The molecule has 1 aliphatic rings. The molecule has 1 aromatic carbocycles.